The number of hydrogen-bond donors (Lipinski definition) is 0. The van der Waals surface area contributed by atoms with E-state index >= 15 is 0 Å². The zero-order valence-electron chi connectivity index (χ0n) is 9.55. The summed E-state index contributed by atoms with van der Waals surface area (Å²) in [6.07, 6.45) is 2.72. The number of halogens is 2. The first-order valence-electron chi connectivity index (χ1n) is 5.84. The van der Waals surface area contributed by atoms with Crippen LogP contribution in [0.3, 0.4) is 0 Å². The first-order chi connectivity index (χ1) is 7.76. The lowest BCUT2D eigenvalue weighted by Crippen LogP contribution is -2.26. The number of hydrogen-bond acceptors (Lipinski definition) is 1. The Morgan fingerprint density at radius 3 is 2.69 bits per heavy atom. The fraction of sp³-hybridized carbons (Fsp3) is 0.538. The maximum Gasteiger partial charge on any atom is 0.0642 e. The van der Waals surface area contributed by atoms with Crippen molar-refractivity contribution in [1.29, 1.82) is 0 Å². The molecule has 0 heterocycles. The van der Waals surface area contributed by atoms with E-state index in [2.05, 4.69) is 17.9 Å². The van der Waals surface area contributed by atoms with Crippen LogP contribution in [-0.4, -0.2) is 13.1 Å². The van der Waals surface area contributed by atoms with E-state index in [0.717, 1.165) is 35.3 Å². The summed E-state index contributed by atoms with van der Waals surface area (Å²) in [5.41, 5.74) is 2.27. The van der Waals surface area contributed by atoms with Crippen molar-refractivity contribution in [1.82, 2.24) is 0 Å². The average molecular weight is 258 g/mol. The molecule has 0 spiro atoms. The van der Waals surface area contributed by atoms with Gasteiger partial charge in [0.15, 0.2) is 0 Å². The topological polar surface area (TPSA) is 3.24 Å². The van der Waals surface area contributed by atoms with E-state index in [1.165, 1.54) is 12.8 Å². The molecular weight excluding hydrogens is 241 g/mol. The van der Waals surface area contributed by atoms with Crippen LogP contribution in [0.25, 0.3) is 0 Å². The third kappa shape index (κ3) is 2.64. The zero-order chi connectivity index (χ0) is 11.5. The van der Waals surface area contributed by atoms with Crippen molar-refractivity contribution in [3.8, 4) is 0 Å². The molecule has 1 aromatic rings. The van der Waals surface area contributed by atoms with Crippen LogP contribution in [-0.2, 0) is 5.88 Å². The van der Waals surface area contributed by atoms with Crippen LogP contribution < -0.4 is 4.90 Å². The quantitative estimate of drug-likeness (QED) is 0.711. The Labute approximate surface area is 107 Å². The fourth-order valence-electron chi connectivity index (χ4n) is 2.01. The molecule has 0 unspecified atom stereocenters. The second-order valence-corrected chi connectivity index (χ2v) is 5.04. The predicted molar refractivity (Wildman–Crippen MR) is 71.6 cm³/mol. The van der Waals surface area contributed by atoms with Gasteiger partial charge >= 0.3 is 0 Å². The van der Waals surface area contributed by atoms with E-state index in [1.807, 2.05) is 12.1 Å². The van der Waals surface area contributed by atoms with Crippen LogP contribution in [0.4, 0.5) is 5.69 Å². The van der Waals surface area contributed by atoms with Crippen molar-refractivity contribution in [2.24, 2.45) is 5.92 Å². The minimum absolute atomic E-state index is 0.525. The van der Waals surface area contributed by atoms with E-state index in [4.69, 9.17) is 23.2 Å². The lowest BCUT2D eigenvalue weighted by atomic mass is 10.1. The third-order valence-corrected chi connectivity index (χ3v) is 3.68. The molecule has 1 nitrogen and oxygen atoms in total. The van der Waals surface area contributed by atoms with E-state index in [9.17, 15) is 0 Å². The number of alkyl halides is 1. The highest BCUT2D eigenvalue weighted by Crippen LogP contribution is 2.36. The molecule has 0 radical (unpaired) electrons. The summed E-state index contributed by atoms with van der Waals surface area (Å²) in [6, 6.07) is 5.97. The molecule has 88 valence electrons. The first-order valence-corrected chi connectivity index (χ1v) is 6.75. The highest BCUT2D eigenvalue weighted by Gasteiger charge is 2.25. The lowest BCUT2D eigenvalue weighted by Gasteiger charge is -2.26. The highest BCUT2D eigenvalue weighted by atomic mass is 35.5. The molecular formula is C13H17Cl2N. The fourth-order valence-corrected chi connectivity index (χ4v) is 2.54. The Morgan fingerprint density at radius 1 is 1.38 bits per heavy atom. The van der Waals surface area contributed by atoms with Gasteiger partial charge in [0.2, 0.25) is 0 Å². The molecule has 1 fully saturated rings. The van der Waals surface area contributed by atoms with Crippen LogP contribution in [0.1, 0.15) is 25.3 Å². The molecule has 2 rings (SSSR count). The summed E-state index contributed by atoms with van der Waals surface area (Å²) in [7, 11) is 0. The maximum absolute atomic E-state index is 6.29. The van der Waals surface area contributed by atoms with E-state index in [1.54, 1.807) is 0 Å². The average Bonchev–Trinajstić information content (AvgIpc) is 3.10. The van der Waals surface area contributed by atoms with E-state index < -0.39 is 0 Å². The van der Waals surface area contributed by atoms with Gasteiger partial charge < -0.3 is 4.90 Å². The molecule has 1 aliphatic carbocycles. The summed E-state index contributed by atoms with van der Waals surface area (Å²) in [4.78, 5) is 2.36. The standard InChI is InChI=1S/C13H17Cl2N/c1-2-16(9-10-6-7-10)13-11(8-14)4-3-5-12(13)15/h3-5,10H,2,6-9H2,1H3. The molecule has 0 aromatic heterocycles. The summed E-state index contributed by atoms with van der Waals surface area (Å²) in [6.45, 7) is 4.28. The Kier molecular flexibility index (Phi) is 3.99. The highest BCUT2D eigenvalue weighted by molar-refractivity contribution is 6.33. The van der Waals surface area contributed by atoms with Crippen LogP contribution in [0, 0.1) is 5.92 Å². The minimum Gasteiger partial charge on any atom is -0.370 e. The van der Waals surface area contributed by atoms with Gasteiger partial charge in [0.25, 0.3) is 0 Å². The van der Waals surface area contributed by atoms with Crippen molar-refractivity contribution in [3.05, 3.63) is 28.8 Å². The summed E-state index contributed by atoms with van der Waals surface area (Å²) < 4.78 is 0. The van der Waals surface area contributed by atoms with Gasteiger partial charge in [0.1, 0.15) is 0 Å². The number of benzene rings is 1. The van der Waals surface area contributed by atoms with E-state index in [-0.39, 0.29) is 0 Å². The van der Waals surface area contributed by atoms with Crippen molar-refractivity contribution >= 4 is 28.9 Å². The second-order valence-electron chi connectivity index (χ2n) is 4.36. The van der Waals surface area contributed by atoms with Gasteiger partial charge in [0, 0.05) is 19.0 Å². The number of anilines is 1. The van der Waals surface area contributed by atoms with Gasteiger partial charge in [-0.2, -0.15) is 0 Å². The molecule has 1 aliphatic rings. The molecule has 0 aliphatic heterocycles. The molecule has 1 aromatic carbocycles. The number of rotatable bonds is 5. The van der Waals surface area contributed by atoms with Crippen molar-refractivity contribution in [3.63, 3.8) is 0 Å². The molecule has 0 saturated heterocycles. The Balaban J connectivity index is 2.26. The van der Waals surface area contributed by atoms with Crippen LogP contribution in [0.2, 0.25) is 5.02 Å². The number of para-hydroxylation sites is 1. The van der Waals surface area contributed by atoms with Gasteiger partial charge in [-0.15, -0.1) is 11.6 Å². The summed E-state index contributed by atoms with van der Waals surface area (Å²) in [5.74, 6) is 1.39. The van der Waals surface area contributed by atoms with Gasteiger partial charge in [-0.1, -0.05) is 23.7 Å². The lowest BCUT2D eigenvalue weighted by molar-refractivity contribution is 0.740. The smallest absolute Gasteiger partial charge is 0.0642 e. The van der Waals surface area contributed by atoms with Gasteiger partial charge in [-0.25, -0.2) is 0 Å². The second kappa shape index (κ2) is 5.29. The first kappa shape index (κ1) is 12.1. The summed E-state index contributed by atoms with van der Waals surface area (Å²) in [5, 5.41) is 0.820. The Morgan fingerprint density at radius 2 is 2.12 bits per heavy atom. The minimum atomic E-state index is 0.525. The molecule has 0 amide bonds. The monoisotopic (exact) mass is 257 g/mol. The third-order valence-electron chi connectivity index (χ3n) is 3.09. The van der Waals surface area contributed by atoms with Crippen LogP contribution in [0.15, 0.2) is 18.2 Å². The molecule has 3 heteroatoms. The largest absolute Gasteiger partial charge is 0.370 e. The molecule has 0 bridgehead atoms. The van der Waals surface area contributed by atoms with Crippen LogP contribution >= 0.6 is 23.2 Å². The van der Waals surface area contributed by atoms with Gasteiger partial charge in [0.05, 0.1) is 10.7 Å². The maximum atomic E-state index is 6.29. The summed E-state index contributed by atoms with van der Waals surface area (Å²) >= 11 is 12.3. The molecule has 0 N–H and O–H groups in total. The molecule has 1 saturated carbocycles. The molecule has 16 heavy (non-hydrogen) atoms. The SMILES string of the molecule is CCN(CC1CC1)c1c(Cl)cccc1CCl. The predicted octanol–water partition coefficient (Wildman–Crippen LogP) is 4.32. The normalized spacial score (nSPS) is 15.2. The van der Waals surface area contributed by atoms with Gasteiger partial charge in [-0.3, -0.25) is 0 Å². The van der Waals surface area contributed by atoms with Crippen LogP contribution in [0.5, 0.6) is 0 Å². The Bertz CT molecular complexity index is 361. The zero-order valence-corrected chi connectivity index (χ0v) is 11.1. The molecule has 0 atom stereocenters. The Hall–Kier alpha value is -0.400. The van der Waals surface area contributed by atoms with Gasteiger partial charge in [-0.05, 0) is 37.3 Å². The van der Waals surface area contributed by atoms with Crippen molar-refractivity contribution < 1.29 is 0 Å². The van der Waals surface area contributed by atoms with E-state index in [0.29, 0.717) is 5.88 Å². The van der Waals surface area contributed by atoms with Crippen molar-refractivity contribution in [2.75, 3.05) is 18.0 Å². The number of nitrogens with zero attached hydrogens (tertiary/aromatic N) is 1. The van der Waals surface area contributed by atoms with Crippen molar-refractivity contribution in [2.45, 2.75) is 25.6 Å².